The van der Waals surface area contributed by atoms with Gasteiger partial charge in [0.05, 0.1) is 19.3 Å². The van der Waals surface area contributed by atoms with Crippen molar-refractivity contribution in [3.05, 3.63) is 101 Å². The van der Waals surface area contributed by atoms with E-state index in [0.29, 0.717) is 16.9 Å². The summed E-state index contributed by atoms with van der Waals surface area (Å²) in [7, 11) is 1.48. The maximum absolute atomic E-state index is 14.6. The van der Waals surface area contributed by atoms with E-state index in [1.165, 1.54) is 31.0 Å². The van der Waals surface area contributed by atoms with Crippen molar-refractivity contribution in [2.75, 3.05) is 7.11 Å². The molecule has 0 atom stereocenters. The van der Waals surface area contributed by atoms with Crippen LogP contribution in [0.2, 0.25) is 0 Å². The second kappa shape index (κ2) is 11.8. The summed E-state index contributed by atoms with van der Waals surface area (Å²) in [5, 5.41) is 8.94. The largest absolute Gasteiger partial charge is 0.501 e. The number of halogens is 1. The molecule has 5 heteroatoms. The Morgan fingerprint density at radius 3 is 2.57 bits per heavy atom. The zero-order chi connectivity index (χ0) is 21.1. The van der Waals surface area contributed by atoms with Crippen molar-refractivity contribution in [3.63, 3.8) is 0 Å². The molecule has 3 nitrogen and oxygen atoms in total. The number of carboxylic acids is 1. The highest BCUT2D eigenvalue weighted by Gasteiger charge is 2.08. The molecule has 0 radical (unpaired) electrons. The van der Waals surface area contributed by atoms with Crippen LogP contribution in [0.5, 0.6) is 0 Å². The van der Waals surface area contributed by atoms with Crippen molar-refractivity contribution in [3.8, 4) is 0 Å². The fraction of sp³-hybridized carbons (Fsp3) is 0.174. The van der Waals surface area contributed by atoms with Gasteiger partial charge < -0.3 is 9.84 Å². The maximum atomic E-state index is 14.6. The normalized spacial score (nSPS) is 13.6. The van der Waals surface area contributed by atoms with E-state index in [1.807, 2.05) is 31.2 Å². The fourth-order valence-electron chi connectivity index (χ4n) is 2.34. The molecule has 0 aliphatic rings. The number of benzene rings is 1. The summed E-state index contributed by atoms with van der Waals surface area (Å²) < 4.78 is 19.6. The van der Waals surface area contributed by atoms with Crippen LogP contribution in [0.4, 0.5) is 4.39 Å². The molecular weight excluding hydrogens is 375 g/mol. The first kappa shape index (κ1) is 23.2. The predicted molar refractivity (Wildman–Crippen MR) is 115 cm³/mol. The van der Waals surface area contributed by atoms with E-state index in [9.17, 15) is 9.18 Å². The van der Waals surface area contributed by atoms with E-state index < -0.39 is 11.8 Å². The number of hydrogen-bond acceptors (Lipinski definition) is 3. The number of carboxylic acid groups (broad SMARTS) is 1. The number of methoxy groups -OCH3 is 1. The highest BCUT2D eigenvalue weighted by Crippen LogP contribution is 2.30. The first-order valence-corrected chi connectivity index (χ1v) is 9.36. The molecule has 28 heavy (non-hydrogen) atoms. The van der Waals surface area contributed by atoms with Gasteiger partial charge in [-0.3, -0.25) is 4.79 Å². The molecule has 1 aromatic rings. The van der Waals surface area contributed by atoms with Gasteiger partial charge in [0.15, 0.2) is 0 Å². The Hall–Kier alpha value is -2.79. The van der Waals surface area contributed by atoms with Gasteiger partial charge in [-0.2, -0.15) is 0 Å². The molecule has 0 unspecified atom stereocenters. The van der Waals surface area contributed by atoms with Gasteiger partial charge in [-0.1, -0.05) is 55.3 Å². The van der Waals surface area contributed by atoms with Crippen LogP contribution >= 0.6 is 11.8 Å². The van der Waals surface area contributed by atoms with Crippen LogP contribution in [0.25, 0.3) is 0 Å². The maximum Gasteiger partial charge on any atom is 0.307 e. The molecule has 0 amide bonds. The number of hydrogen-bond donors (Lipinski definition) is 1. The Bertz CT molecular complexity index is 860. The minimum atomic E-state index is -0.874. The second-order valence-electron chi connectivity index (χ2n) is 5.86. The first-order valence-electron chi connectivity index (χ1n) is 8.55. The van der Waals surface area contributed by atoms with E-state index in [0.717, 1.165) is 15.4 Å². The summed E-state index contributed by atoms with van der Waals surface area (Å²) in [6, 6.07) is 7.34. The van der Waals surface area contributed by atoms with Gasteiger partial charge in [-0.15, -0.1) is 0 Å². The van der Waals surface area contributed by atoms with Crippen molar-refractivity contribution in [1.82, 2.24) is 0 Å². The van der Waals surface area contributed by atoms with Gasteiger partial charge in [-0.05, 0) is 48.1 Å². The molecular formula is C23H25FO3S. The highest BCUT2D eigenvalue weighted by atomic mass is 32.2. The summed E-state index contributed by atoms with van der Waals surface area (Å²) in [5.41, 5.74) is 1.68. The summed E-state index contributed by atoms with van der Waals surface area (Å²) in [6.07, 6.45) is 7.85. The standard InChI is InChI=1S/C23H25FO3S/c1-6-9-19(21(7-2)22(24)12-16(3)27-5)13-17(4)28-20-11-8-10-18(14-20)15-23(25)26/h6-14H,1-2,15H2,3-5H3,(H,25,26)/b16-12+,17-13+,19-9+,22-21-. The van der Waals surface area contributed by atoms with Crippen molar-refractivity contribution in [1.29, 1.82) is 0 Å². The average Bonchev–Trinajstić information content (AvgIpc) is 2.61. The van der Waals surface area contributed by atoms with Crippen LogP contribution in [0.3, 0.4) is 0 Å². The van der Waals surface area contributed by atoms with E-state index in [2.05, 4.69) is 13.2 Å². The van der Waals surface area contributed by atoms with E-state index in [-0.39, 0.29) is 6.42 Å². The van der Waals surface area contributed by atoms with Gasteiger partial charge in [0.2, 0.25) is 0 Å². The van der Waals surface area contributed by atoms with Gasteiger partial charge in [0.25, 0.3) is 0 Å². The van der Waals surface area contributed by atoms with Crippen molar-refractivity contribution >= 4 is 17.7 Å². The molecule has 0 spiro atoms. The molecule has 0 aliphatic carbocycles. The van der Waals surface area contributed by atoms with Crippen LogP contribution in [0.1, 0.15) is 19.4 Å². The van der Waals surface area contributed by atoms with Crippen LogP contribution in [0.15, 0.2) is 100 Å². The molecule has 1 aromatic carbocycles. The summed E-state index contributed by atoms with van der Waals surface area (Å²) in [4.78, 5) is 12.7. The molecule has 1 N–H and O–H groups in total. The molecule has 0 aromatic heterocycles. The second-order valence-corrected chi connectivity index (χ2v) is 7.18. The van der Waals surface area contributed by atoms with Gasteiger partial charge in [-0.25, -0.2) is 4.39 Å². The molecule has 0 saturated heterocycles. The zero-order valence-electron chi connectivity index (χ0n) is 16.4. The Labute approximate surface area is 170 Å². The third-order valence-electron chi connectivity index (χ3n) is 3.61. The lowest BCUT2D eigenvalue weighted by Gasteiger charge is -2.08. The minimum absolute atomic E-state index is 0.0292. The molecule has 148 valence electrons. The topological polar surface area (TPSA) is 46.5 Å². The summed E-state index contributed by atoms with van der Waals surface area (Å²) in [6.45, 7) is 11.0. The van der Waals surface area contributed by atoms with E-state index in [4.69, 9.17) is 9.84 Å². The number of allylic oxidation sites excluding steroid dienone is 10. The Morgan fingerprint density at radius 2 is 2.00 bits per heavy atom. The molecule has 0 aliphatic heterocycles. The number of thioether (sulfide) groups is 1. The number of ether oxygens (including phenoxy) is 1. The molecule has 1 rings (SSSR count). The van der Waals surface area contributed by atoms with Crippen molar-refractivity contribution < 1.29 is 19.0 Å². The summed E-state index contributed by atoms with van der Waals surface area (Å²) >= 11 is 1.47. The number of carbonyl (C=O) groups is 1. The quantitative estimate of drug-likeness (QED) is 0.281. The Balaban J connectivity index is 3.19. The van der Waals surface area contributed by atoms with E-state index >= 15 is 0 Å². The van der Waals surface area contributed by atoms with Crippen LogP contribution in [-0.4, -0.2) is 18.2 Å². The van der Waals surface area contributed by atoms with Crippen LogP contribution < -0.4 is 0 Å². The minimum Gasteiger partial charge on any atom is -0.501 e. The zero-order valence-corrected chi connectivity index (χ0v) is 17.2. The van der Waals surface area contributed by atoms with Crippen LogP contribution in [0, 0.1) is 0 Å². The highest BCUT2D eigenvalue weighted by molar-refractivity contribution is 8.03. The van der Waals surface area contributed by atoms with Crippen molar-refractivity contribution in [2.24, 2.45) is 0 Å². The van der Waals surface area contributed by atoms with Gasteiger partial charge >= 0.3 is 5.97 Å². The Morgan fingerprint density at radius 1 is 1.29 bits per heavy atom. The van der Waals surface area contributed by atoms with Gasteiger partial charge in [0.1, 0.15) is 5.83 Å². The number of aliphatic carboxylic acids is 1. The number of rotatable bonds is 10. The van der Waals surface area contributed by atoms with Crippen LogP contribution in [-0.2, 0) is 16.0 Å². The fourth-order valence-corrected chi connectivity index (χ4v) is 3.25. The Kier molecular flexibility index (Phi) is 9.82. The molecule has 0 fully saturated rings. The smallest absolute Gasteiger partial charge is 0.307 e. The molecule has 0 bridgehead atoms. The van der Waals surface area contributed by atoms with E-state index in [1.54, 1.807) is 25.1 Å². The third kappa shape index (κ3) is 7.84. The molecule has 0 heterocycles. The van der Waals surface area contributed by atoms with Crippen molar-refractivity contribution in [2.45, 2.75) is 25.2 Å². The molecule has 0 saturated carbocycles. The first-order chi connectivity index (χ1) is 13.3. The van der Waals surface area contributed by atoms with Gasteiger partial charge in [0, 0.05) is 16.5 Å². The SMILES string of the molecule is C=C/C=C(\C=C(/C)Sc1cccc(CC(=O)O)c1)C(/C=C)=C(F)/C=C(\C)OC. The monoisotopic (exact) mass is 400 g/mol. The third-order valence-corrected chi connectivity index (χ3v) is 4.54. The predicted octanol–water partition coefficient (Wildman–Crippen LogP) is 6.38. The summed E-state index contributed by atoms with van der Waals surface area (Å²) in [5.74, 6) is -0.888. The lowest BCUT2D eigenvalue weighted by molar-refractivity contribution is -0.136. The average molecular weight is 401 g/mol. The lowest BCUT2D eigenvalue weighted by Crippen LogP contribution is -1.99. The lowest BCUT2D eigenvalue weighted by atomic mass is 10.0.